The Morgan fingerprint density at radius 1 is 1.28 bits per heavy atom. The number of carbonyl (C=O) groups is 1. The molecule has 1 unspecified atom stereocenters. The van der Waals surface area contributed by atoms with Crippen molar-refractivity contribution in [3.63, 3.8) is 0 Å². The van der Waals surface area contributed by atoms with E-state index in [1.165, 1.54) is 18.9 Å². The van der Waals surface area contributed by atoms with E-state index in [1.54, 1.807) is 0 Å². The zero-order valence-electron chi connectivity index (χ0n) is 15.6. The molecule has 12 heteroatoms. The lowest BCUT2D eigenvalue weighted by Crippen LogP contribution is -2.36. The van der Waals surface area contributed by atoms with Crippen LogP contribution < -0.4 is 5.73 Å². The summed E-state index contributed by atoms with van der Waals surface area (Å²) in [5, 5.41) is 6.54. The number of nitrogens with two attached hydrogens (primary N) is 1. The number of carbonyl (C=O) groups excluding carboxylic acids is 1. The third-order valence-corrected chi connectivity index (χ3v) is 4.89. The number of aryl methyl sites for hydroxylation is 1. The summed E-state index contributed by atoms with van der Waals surface area (Å²) in [7, 11) is 1.42. The Morgan fingerprint density at radius 2 is 1.93 bits per heavy atom. The van der Waals surface area contributed by atoms with E-state index < -0.39 is 35.6 Å². The van der Waals surface area contributed by atoms with Crippen LogP contribution in [0.1, 0.15) is 23.6 Å². The van der Waals surface area contributed by atoms with E-state index >= 15 is 0 Å². The standard InChI is InChI=1S/C17H19BrF5N5O/c1-9-25-26-16(17(21,22)23)28(9)4-3-27(2)15(29)7-11(24)5-10-6-14(20)12(18)8-13(10)19/h6,8,11H,3-5,7,24H2,1-2H3. The fourth-order valence-corrected chi connectivity index (χ4v) is 3.00. The molecule has 0 saturated carbocycles. The zero-order valence-corrected chi connectivity index (χ0v) is 17.2. The predicted octanol–water partition coefficient (Wildman–Crippen LogP) is 3.06. The molecule has 1 amide bonds. The molecule has 0 fully saturated rings. The van der Waals surface area contributed by atoms with Crippen LogP contribution >= 0.6 is 15.9 Å². The average molecular weight is 484 g/mol. The molecule has 1 aromatic carbocycles. The maximum Gasteiger partial charge on any atom is 0.451 e. The van der Waals surface area contributed by atoms with Gasteiger partial charge in [-0.25, -0.2) is 8.78 Å². The summed E-state index contributed by atoms with van der Waals surface area (Å²) < 4.78 is 67.1. The van der Waals surface area contributed by atoms with Crippen LogP contribution in [0.15, 0.2) is 16.6 Å². The SMILES string of the molecule is Cc1nnc(C(F)(F)F)n1CCN(C)C(=O)CC(N)Cc1cc(F)c(Br)cc1F. The second-order valence-corrected chi connectivity index (χ2v) is 7.42. The van der Waals surface area contributed by atoms with Crippen molar-refractivity contribution in [2.45, 2.75) is 38.5 Å². The maximum absolute atomic E-state index is 13.9. The second kappa shape index (κ2) is 9.16. The summed E-state index contributed by atoms with van der Waals surface area (Å²) in [4.78, 5) is 13.5. The molecular formula is C17H19BrF5N5O. The van der Waals surface area contributed by atoms with Gasteiger partial charge in [0.2, 0.25) is 11.7 Å². The first-order valence-corrected chi connectivity index (χ1v) is 9.29. The first-order valence-electron chi connectivity index (χ1n) is 8.50. The van der Waals surface area contributed by atoms with Gasteiger partial charge in [0.25, 0.3) is 0 Å². The number of rotatable bonds is 7. The number of benzene rings is 1. The number of nitrogens with zero attached hydrogens (tertiary/aromatic N) is 4. The normalized spacial score (nSPS) is 12.9. The molecule has 1 heterocycles. The molecule has 1 atom stereocenters. The van der Waals surface area contributed by atoms with E-state index in [1.807, 2.05) is 0 Å². The van der Waals surface area contributed by atoms with E-state index in [9.17, 15) is 26.7 Å². The van der Waals surface area contributed by atoms with Crippen molar-refractivity contribution < 1.29 is 26.7 Å². The van der Waals surface area contributed by atoms with Gasteiger partial charge in [-0.2, -0.15) is 13.2 Å². The summed E-state index contributed by atoms with van der Waals surface area (Å²) in [5.74, 6) is -2.81. The van der Waals surface area contributed by atoms with Gasteiger partial charge in [-0.15, -0.1) is 10.2 Å². The van der Waals surface area contributed by atoms with Gasteiger partial charge in [-0.1, -0.05) is 0 Å². The lowest BCUT2D eigenvalue weighted by Gasteiger charge is -2.21. The van der Waals surface area contributed by atoms with Crippen molar-refractivity contribution in [1.82, 2.24) is 19.7 Å². The lowest BCUT2D eigenvalue weighted by molar-refractivity contribution is -0.147. The summed E-state index contributed by atoms with van der Waals surface area (Å²) in [5.41, 5.74) is 5.91. The molecule has 0 radical (unpaired) electrons. The van der Waals surface area contributed by atoms with Crippen LogP contribution in [-0.4, -0.2) is 45.2 Å². The lowest BCUT2D eigenvalue weighted by atomic mass is 10.0. The minimum absolute atomic E-state index is 0.0226. The monoisotopic (exact) mass is 483 g/mol. The minimum Gasteiger partial charge on any atom is -0.344 e. The summed E-state index contributed by atoms with van der Waals surface area (Å²) in [6.07, 6.45) is -4.91. The fourth-order valence-electron chi connectivity index (χ4n) is 2.69. The zero-order chi connectivity index (χ0) is 21.9. The van der Waals surface area contributed by atoms with Crippen LogP contribution in [-0.2, 0) is 23.9 Å². The first kappa shape index (κ1) is 23.2. The summed E-state index contributed by atoms with van der Waals surface area (Å²) >= 11 is 2.87. The Balaban J connectivity index is 1.94. The van der Waals surface area contributed by atoms with Crippen LogP contribution in [0, 0.1) is 18.6 Å². The highest BCUT2D eigenvalue weighted by Gasteiger charge is 2.37. The van der Waals surface area contributed by atoms with E-state index in [0.29, 0.717) is 0 Å². The average Bonchev–Trinajstić information content (AvgIpc) is 2.98. The molecular weight excluding hydrogens is 465 g/mol. The number of amides is 1. The second-order valence-electron chi connectivity index (χ2n) is 6.56. The molecule has 0 bridgehead atoms. The van der Waals surface area contributed by atoms with Crippen LogP contribution in [0.25, 0.3) is 0 Å². The van der Waals surface area contributed by atoms with E-state index in [2.05, 4.69) is 26.1 Å². The number of halogens is 6. The largest absolute Gasteiger partial charge is 0.451 e. The number of hydrogen-bond donors (Lipinski definition) is 1. The molecule has 6 nitrogen and oxygen atoms in total. The van der Waals surface area contributed by atoms with Gasteiger partial charge in [-0.3, -0.25) is 4.79 Å². The third-order valence-electron chi connectivity index (χ3n) is 4.28. The Kier molecular flexibility index (Phi) is 7.33. The molecule has 29 heavy (non-hydrogen) atoms. The van der Waals surface area contributed by atoms with Gasteiger partial charge >= 0.3 is 6.18 Å². The van der Waals surface area contributed by atoms with E-state index in [4.69, 9.17) is 5.73 Å². The highest BCUT2D eigenvalue weighted by atomic mass is 79.9. The predicted molar refractivity (Wildman–Crippen MR) is 97.8 cm³/mol. The number of alkyl halides is 3. The Hall–Kier alpha value is -2.08. The smallest absolute Gasteiger partial charge is 0.344 e. The molecule has 0 aliphatic heterocycles. The van der Waals surface area contributed by atoms with Crippen molar-refractivity contribution in [3.8, 4) is 0 Å². The minimum atomic E-state index is -4.66. The number of likely N-dealkylation sites (N-methyl/N-ethyl adjacent to an activating group) is 1. The van der Waals surface area contributed by atoms with Crippen molar-refractivity contribution in [3.05, 3.63) is 45.5 Å². The van der Waals surface area contributed by atoms with Crippen molar-refractivity contribution in [2.24, 2.45) is 5.73 Å². The van der Waals surface area contributed by atoms with Crippen LogP contribution in [0.4, 0.5) is 22.0 Å². The van der Waals surface area contributed by atoms with Crippen LogP contribution in [0.2, 0.25) is 0 Å². The molecule has 0 saturated heterocycles. The van der Waals surface area contributed by atoms with Gasteiger partial charge in [0, 0.05) is 32.6 Å². The Morgan fingerprint density at radius 3 is 2.55 bits per heavy atom. The van der Waals surface area contributed by atoms with Crippen molar-refractivity contribution in [2.75, 3.05) is 13.6 Å². The van der Waals surface area contributed by atoms with Gasteiger partial charge in [0.1, 0.15) is 17.5 Å². The molecule has 1 aromatic heterocycles. The quantitative estimate of drug-likeness (QED) is 0.485. The third kappa shape index (κ3) is 5.95. The molecule has 2 rings (SSSR count). The van der Waals surface area contributed by atoms with Crippen molar-refractivity contribution in [1.29, 1.82) is 0 Å². The van der Waals surface area contributed by atoms with Gasteiger partial charge in [0.05, 0.1) is 4.47 Å². The van der Waals surface area contributed by atoms with Gasteiger partial charge in [0.15, 0.2) is 0 Å². The Labute approximate surface area is 172 Å². The molecule has 2 aromatic rings. The van der Waals surface area contributed by atoms with E-state index in [0.717, 1.165) is 16.7 Å². The van der Waals surface area contributed by atoms with E-state index in [-0.39, 0.29) is 41.8 Å². The molecule has 0 aliphatic carbocycles. The highest BCUT2D eigenvalue weighted by molar-refractivity contribution is 9.10. The van der Waals surface area contributed by atoms with Gasteiger partial charge < -0.3 is 15.2 Å². The summed E-state index contributed by atoms with van der Waals surface area (Å²) in [6.45, 7) is 1.19. The van der Waals surface area contributed by atoms with Gasteiger partial charge in [-0.05, 0) is 47.0 Å². The van der Waals surface area contributed by atoms with Crippen LogP contribution in [0.3, 0.4) is 0 Å². The highest BCUT2D eigenvalue weighted by Crippen LogP contribution is 2.28. The Bertz CT molecular complexity index is 886. The fraction of sp³-hybridized carbons (Fsp3) is 0.471. The first-order chi connectivity index (χ1) is 13.4. The maximum atomic E-state index is 13.9. The molecule has 160 valence electrons. The molecule has 0 aliphatic rings. The van der Waals surface area contributed by atoms with Crippen molar-refractivity contribution >= 4 is 21.8 Å². The molecule has 0 spiro atoms. The number of aromatic nitrogens is 3. The molecule has 2 N–H and O–H groups in total. The summed E-state index contributed by atoms with van der Waals surface area (Å²) in [6, 6.07) is 1.19. The topological polar surface area (TPSA) is 77.0 Å². The number of hydrogen-bond acceptors (Lipinski definition) is 4. The van der Waals surface area contributed by atoms with Crippen LogP contribution in [0.5, 0.6) is 0 Å².